The van der Waals surface area contributed by atoms with Crippen molar-refractivity contribution in [2.75, 3.05) is 0 Å². The van der Waals surface area contributed by atoms with E-state index in [-0.39, 0.29) is 0 Å². The average Bonchev–Trinajstić information content (AvgIpc) is 2.14. The van der Waals surface area contributed by atoms with Gasteiger partial charge >= 0.3 is 0 Å². The highest BCUT2D eigenvalue weighted by atomic mass is 31.0. The molecule has 0 amide bonds. The summed E-state index contributed by atoms with van der Waals surface area (Å²) in [5.41, 5.74) is 0.690. The van der Waals surface area contributed by atoms with Crippen LogP contribution in [-0.4, -0.2) is 4.98 Å². The summed E-state index contributed by atoms with van der Waals surface area (Å²) in [5, 5.41) is 9.25. The molecular weight excluding hydrogens is 119 g/mol. The first kappa shape index (κ1) is 5.34. The molecule has 1 heterocycles. The van der Waals surface area contributed by atoms with Crippen LogP contribution in [-0.2, 0) is 0 Å². The highest BCUT2D eigenvalue weighted by Gasteiger charge is 1.92. The van der Waals surface area contributed by atoms with Gasteiger partial charge in [0.15, 0.2) is 0 Å². The second kappa shape index (κ2) is 1.98. The minimum Gasteiger partial charge on any atom is -0.366 e. The van der Waals surface area contributed by atoms with E-state index < -0.39 is 0 Å². The molecule has 1 unspecified atom stereocenters. The van der Waals surface area contributed by atoms with E-state index in [1.165, 1.54) is 0 Å². The molecule has 1 N–H and O–H groups in total. The highest BCUT2D eigenvalue weighted by Crippen LogP contribution is 1.94. The van der Waals surface area contributed by atoms with Gasteiger partial charge in [0.25, 0.3) is 0 Å². The van der Waals surface area contributed by atoms with Gasteiger partial charge in [-0.3, -0.25) is 0 Å². The number of nitrogens with one attached hydrogen (secondary N) is 1. The molecule has 0 saturated carbocycles. The third kappa shape index (κ3) is 0.731. The molecule has 0 aliphatic carbocycles. The van der Waals surface area contributed by atoms with Gasteiger partial charge < -0.3 is 4.98 Å². The normalized spacial score (nSPS) is 8.50. The fourth-order valence-corrected chi connectivity index (χ4v) is 0.717. The zero-order chi connectivity index (χ0) is 5.98. The summed E-state index contributed by atoms with van der Waals surface area (Å²) in [6, 6.07) is 2.02. The minimum atomic E-state index is 0.690. The maximum atomic E-state index is 8.32. The Bertz CT molecular complexity index is 221. The molecule has 0 aromatic carbocycles. The molecule has 3 heteroatoms. The SMILES string of the molecule is N#Cc1c[nH]cc1P. The molecule has 1 rings (SSSR count). The van der Waals surface area contributed by atoms with Gasteiger partial charge in [0.2, 0.25) is 0 Å². The Balaban J connectivity index is 3.15. The van der Waals surface area contributed by atoms with E-state index >= 15 is 0 Å². The second-order valence-corrected chi connectivity index (χ2v) is 2.06. The van der Waals surface area contributed by atoms with Crippen molar-refractivity contribution in [2.24, 2.45) is 0 Å². The zero-order valence-electron chi connectivity index (χ0n) is 4.18. The Morgan fingerprint density at radius 1 is 1.62 bits per heavy atom. The van der Waals surface area contributed by atoms with Crippen molar-refractivity contribution in [3.8, 4) is 6.07 Å². The largest absolute Gasteiger partial charge is 0.366 e. The van der Waals surface area contributed by atoms with E-state index in [9.17, 15) is 0 Å². The summed E-state index contributed by atoms with van der Waals surface area (Å²) >= 11 is 0. The summed E-state index contributed by atoms with van der Waals surface area (Å²) in [7, 11) is 2.46. The van der Waals surface area contributed by atoms with Crippen LogP contribution in [0, 0.1) is 11.3 Å². The lowest BCUT2D eigenvalue weighted by molar-refractivity contribution is 1.40. The van der Waals surface area contributed by atoms with E-state index in [2.05, 4.69) is 14.2 Å². The van der Waals surface area contributed by atoms with Gasteiger partial charge in [0.05, 0.1) is 5.56 Å². The Morgan fingerprint density at radius 3 is 2.62 bits per heavy atom. The van der Waals surface area contributed by atoms with Gasteiger partial charge in [-0.05, 0) is 0 Å². The predicted molar refractivity (Wildman–Crippen MR) is 34.9 cm³/mol. The van der Waals surface area contributed by atoms with Crippen molar-refractivity contribution in [2.45, 2.75) is 0 Å². The van der Waals surface area contributed by atoms with Gasteiger partial charge in [-0.25, -0.2) is 0 Å². The van der Waals surface area contributed by atoms with Crippen molar-refractivity contribution in [3.05, 3.63) is 18.0 Å². The number of aromatic nitrogens is 1. The number of nitrogens with zero attached hydrogens (tertiary/aromatic N) is 1. The van der Waals surface area contributed by atoms with Crippen LogP contribution in [0.15, 0.2) is 12.4 Å². The maximum absolute atomic E-state index is 8.32. The standard InChI is InChI=1S/C5H5N2P/c6-1-4-2-7-3-5(4)8/h2-3,7H,8H2. The van der Waals surface area contributed by atoms with Crippen molar-refractivity contribution >= 4 is 14.5 Å². The van der Waals surface area contributed by atoms with E-state index in [0.29, 0.717) is 5.56 Å². The topological polar surface area (TPSA) is 39.6 Å². The summed E-state index contributed by atoms with van der Waals surface area (Å²) < 4.78 is 0. The Morgan fingerprint density at radius 2 is 2.38 bits per heavy atom. The monoisotopic (exact) mass is 124 g/mol. The van der Waals surface area contributed by atoms with Crippen LogP contribution in [0.1, 0.15) is 5.56 Å². The second-order valence-electron chi connectivity index (χ2n) is 1.44. The number of nitriles is 1. The number of hydrogen-bond donors (Lipinski definition) is 1. The molecule has 1 atom stereocenters. The van der Waals surface area contributed by atoms with Gasteiger partial charge in [0.1, 0.15) is 6.07 Å². The summed E-state index contributed by atoms with van der Waals surface area (Å²) in [4.78, 5) is 2.81. The van der Waals surface area contributed by atoms with Crippen LogP contribution in [0.5, 0.6) is 0 Å². The van der Waals surface area contributed by atoms with E-state index in [1.807, 2.05) is 6.07 Å². The summed E-state index contributed by atoms with van der Waals surface area (Å²) in [6.45, 7) is 0. The predicted octanol–water partition coefficient (Wildman–Crippen LogP) is 0.387. The van der Waals surface area contributed by atoms with Gasteiger partial charge in [-0.1, -0.05) is 0 Å². The lowest BCUT2D eigenvalue weighted by Crippen LogP contribution is -1.86. The van der Waals surface area contributed by atoms with Gasteiger partial charge in [0, 0.05) is 17.7 Å². The highest BCUT2D eigenvalue weighted by molar-refractivity contribution is 7.27. The molecule has 0 bridgehead atoms. The summed E-state index contributed by atoms with van der Waals surface area (Å²) in [6.07, 6.45) is 3.44. The van der Waals surface area contributed by atoms with Crippen molar-refractivity contribution in [1.82, 2.24) is 4.98 Å². The molecule has 0 spiro atoms. The number of rotatable bonds is 0. The lowest BCUT2D eigenvalue weighted by atomic mass is 10.4. The van der Waals surface area contributed by atoms with Crippen LogP contribution < -0.4 is 5.30 Å². The van der Waals surface area contributed by atoms with Crippen LogP contribution >= 0.6 is 9.24 Å². The Labute approximate surface area is 49.7 Å². The molecule has 0 aliphatic heterocycles. The third-order valence-corrected chi connectivity index (χ3v) is 1.38. The van der Waals surface area contributed by atoms with Crippen molar-refractivity contribution in [3.63, 3.8) is 0 Å². The smallest absolute Gasteiger partial charge is 0.101 e. The molecule has 40 valence electrons. The van der Waals surface area contributed by atoms with Crippen LogP contribution in [0.25, 0.3) is 0 Å². The van der Waals surface area contributed by atoms with E-state index in [4.69, 9.17) is 5.26 Å². The molecule has 1 aromatic heterocycles. The molecule has 8 heavy (non-hydrogen) atoms. The molecule has 0 radical (unpaired) electrons. The van der Waals surface area contributed by atoms with Crippen molar-refractivity contribution < 1.29 is 0 Å². The van der Waals surface area contributed by atoms with Crippen LogP contribution in [0.4, 0.5) is 0 Å². The Kier molecular flexibility index (Phi) is 1.32. The molecular formula is C5H5N2P. The lowest BCUT2D eigenvalue weighted by Gasteiger charge is -1.76. The van der Waals surface area contributed by atoms with Gasteiger partial charge in [-0.2, -0.15) is 5.26 Å². The zero-order valence-corrected chi connectivity index (χ0v) is 5.33. The number of aromatic amines is 1. The van der Waals surface area contributed by atoms with Gasteiger partial charge in [-0.15, -0.1) is 9.24 Å². The average molecular weight is 124 g/mol. The maximum Gasteiger partial charge on any atom is 0.101 e. The minimum absolute atomic E-state index is 0.690. The van der Waals surface area contributed by atoms with Crippen LogP contribution in [0.3, 0.4) is 0 Å². The molecule has 1 aromatic rings. The summed E-state index contributed by atoms with van der Waals surface area (Å²) in [5.74, 6) is 0. The molecule has 2 nitrogen and oxygen atoms in total. The Hall–Kier alpha value is -0.800. The first-order valence-corrected chi connectivity index (χ1v) is 2.74. The molecule has 0 saturated heterocycles. The fraction of sp³-hybridized carbons (Fsp3) is 0. The van der Waals surface area contributed by atoms with E-state index in [0.717, 1.165) is 5.30 Å². The first-order valence-electron chi connectivity index (χ1n) is 2.17. The molecule has 0 fully saturated rings. The third-order valence-electron chi connectivity index (χ3n) is 0.898. The number of H-pyrrole nitrogens is 1. The molecule has 0 aliphatic rings. The fourth-order valence-electron chi connectivity index (χ4n) is 0.473. The first-order chi connectivity index (χ1) is 3.84. The number of hydrogen-bond acceptors (Lipinski definition) is 1. The van der Waals surface area contributed by atoms with Crippen LogP contribution in [0.2, 0.25) is 0 Å². The van der Waals surface area contributed by atoms with Crippen molar-refractivity contribution in [1.29, 1.82) is 5.26 Å². The quantitative estimate of drug-likeness (QED) is 0.499. The van der Waals surface area contributed by atoms with E-state index in [1.54, 1.807) is 12.4 Å².